The third kappa shape index (κ3) is 5.78. The second-order valence-electron chi connectivity index (χ2n) is 5.84. The van der Waals surface area contributed by atoms with Crippen molar-refractivity contribution < 1.29 is 5.11 Å². The van der Waals surface area contributed by atoms with Crippen LogP contribution >= 0.6 is 11.8 Å². The number of benzene rings is 1. The molecule has 0 radical (unpaired) electrons. The average Bonchev–Trinajstić information content (AvgIpc) is 2.42. The average molecular weight is 295 g/mol. The first-order valence-corrected chi connectivity index (χ1v) is 9.06. The molecule has 114 valence electrons. The molecule has 0 amide bonds. The SMILES string of the molecule is CCCC(CCC)(CCC)CCSc1ccc(O)cc1. The topological polar surface area (TPSA) is 20.2 Å². The van der Waals surface area contributed by atoms with Crippen LogP contribution in [0.15, 0.2) is 29.2 Å². The van der Waals surface area contributed by atoms with Gasteiger partial charge in [0.2, 0.25) is 0 Å². The van der Waals surface area contributed by atoms with E-state index in [-0.39, 0.29) is 0 Å². The molecule has 0 aliphatic heterocycles. The van der Waals surface area contributed by atoms with Gasteiger partial charge in [-0.15, -0.1) is 11.8 Å². The van der Waals surface area contributed by atoms with Gasteiger partial charge in [-0.05, 0) is 61.1 Å². The Bertz CT molecular complexity index is 341. The van der Waals surface area contributed by atoms with Gasteiger partial charge in [-0.1, -0.05) is 40.0 Å². The fourth-order valence-electron chi connectivity index (χ4n) is 3.27. The Balaban J connectivity index is 2.54. The predicted molar refractivity (Wildman–Crippen MR) is 90.6 cm³/mol. The third-order valence-electron chi connectivity index (χ3n) is 4.08. The van der Waals surface area contributed by atoms with Crippen LogP contribution in [0, 0.1) is 5.41 Å². The number of phenols is 1. The second-order valence-corrected chi connectivity index (χ2v) is 7.01. The number of thioether (sulfide) groups is 1. The van der Waals surface area contributed by atoms with E-state index in [9.17, 15) is 5.11 Å². The molecule has 1 aromatic carbocycles. The van der Waals surface area contributed by atoms with E-state index in [4.69, 9.17) is 0 Å². The molecular formula is C18H30OS. The van der Waals surface area contributed by atoms with Gasteiger partial charge in [-0.3, -0.25) is 0 Å². The van der Waals surface area contributed by atoms with Crippen molar-refractivity contribution in [2.75, 3.05) is 5.75 Å². The van der Waals surface area contributed by atoms with Gasteiger partial charge in [-0.2, -0.15) is 0 Å². The van der Waals surface area contributed by atoms with Gasteiger partial charge >= 0.3 is 0 Å². The van der Waals surface area contributed by atoms with Gasteiger partial charge < -0.3 is 5.11 Å². The van der Waals surface area contributed by atoms with Crippen molar-refractivity contribution in [2.45, 2.75) is 70.6 Å². The number of hydrogen-bond donors (Lipinski definition) is 1. The van der Waals surface area contributed by atoms with E-state index in [2.05, 4.69) is 20.8 Å². The van der Waals surface area contributed by atoms with E-state index in [1.165, 1.54) is 55.6 Å². The van der Waals surface area contributed by atoms with Crippen molar-refractivity contribution in [3.05, 3.63) is 24.3 Å². The first-order chi connectivity index (χ1) is 9.65. The van der Waals surface area contributed by atoms with E-state index in [0.717, 1.165) is 0 Å². The van der Waals surface area contributed by atoms with Gasteiger partial charge in [0, 0.05) is 4.90 Å². The molecule has 20 heavy (non-hydrogen) atoms. The monoisotopic (exact) mass is 294 g/mol. The Morgan fingerprint density at radius 2 is 1.35 bits per heavy atom. The van der Waals surface area contributed by atoms with Crippen molar-refractivity contribution in [3.8, 4) is 5.75 Å². The zero-order chi connectivity index (χ0) is 14.8. The van der Waals surface area contributed by atoms with Crippen LogP contribution < -0.4 is 0 Å². The Labute approximate surface area is 129 Å². The van der Waals surface area contributed by atoms with Gasteiger partial charge in [-0.25, -0.2) is 0 Å². The molecule has 0 aliphatic rings. The summed E-state index contributed by atoms with van der Waals surface area (Å²) < 4.78 is 0. The molecule has 1 nitrogen and oxygen atoms in total. The minimum atomic E-state index is 0.353. The predicted octanol–water partition coefficient (Wildman–Crippen LogP) is 6.26. The number of rotatable bonds is 10. The Kier molecular flexibility index (Phi) is 8.13. The quantitative estimate of drug-likeness (QED) is 0.514. The smallest absolute Gasteiger partial charge is 0.115 e. The first kappa shape index (κ1) is 17.4. The molecule has 0 saturated heterocycles. The fourth-order valence-corrected chi connectivity index (χ4v) is 4.37. The lowest BCUT2D eigenvalue weighted by atomic mass is 9.73. The third-order valence-corrected chi connectivity index (χ3v) is 5.09. The maximum atomic E-state index is 9.31. The first-order valence-electron chi connectivity index (χ1n) is 8.07. The molecule has 0 aromatic heterocycles. The van der Waals surface area contributed by atoms with E-state index >= 15 is 0 Å². The number of hydrogen-bond acceptors (Lipinski definition) is 2. The number of aromatic hydroxyl groups is 1. The van der Waals surface area contributed by atoms with Crippen LogP contribution in [0.25, 0.3) is 0 Å². The van der Waals surface area contributed by atoms with Crippen LogP contribution in [0.4, 0.5) is 0 Å². The maximum absolute atomic E-state index is 9.31. The molecule has 1 N–H and O–H groups in total. The summed E-state index contributed by atoms with van der Waals surface area (Å²) >= 11 is 1.92. The molecule has 0 heterocycles. The molecule has 1 rings (SSSR count). The standard InChI is InChI=1S/C18H30OS/c1-4-11-18(12-5-2,13-6-3)14-15-20-17-9-7-16(19)8-10-17/h7-10,19H,4-6,11-15H2,1-3H3. The second kappa shape index (κ2) is 9.33. The Morgan fingerprint density at radius 1 is 0.850 bits per heavy atom. The lowest BCUT2D eigenvalue weighted by Crippen LogP contribution is -2.21. The van der Waals surface area contributed by atoms with Crippen molar-refractivity contribution in [1.82, 2.24) is 0 Å². The maximum Gasteiger partial charge on any atom is 0.115 e. The summed E-state index contributed by atoms with van der Waals surface area (Å²) in [4.78, 5) is 1.26. The van der Waals surface area contributed by atoms with Gasteiger partial charge in [0.15, 0.2) is 0 Å². The molecule has 0 spiro atoms. The van der Waals surface area contributed by atoms with E-state index in [0.29, 0.717) is 11.2 Å². The van der Waals surface area contributed by atoms with Crippen LogP contribution in [0.3, 0.4) is 0 Å². The zero-order valence-corrected chi connectivity index (χ0v) is 14.1. The molecule has 0 fully saturated rings. The highest BCUT2D eigenvalue weighted by molar-refractivity contribution is 7.99. The molecular weight excluding hydrogens is 264 g/mol. The highest BCUT2D eigenvalue weighted by Crippen LogP contribution is 2.40. The minimum Gasteiger partial charge on any atom is -0.508 e. The highest BCUT2D eigenvalue weighted by atomic mass is 32.2. The molecule has 2 heteroatoms. The molecule has 0 unspecified atom stereocenters. The van der Waals surface area contributed by atoms with Crippen LogP contribution in [0.1, 0.15) is 65.7 Å². The lowest BCUT2D eigenvalue weighted by Gasteiger charge is -2.33. The van der Waals surface area contributed by atoms with Crippen molar-refractivity contribution in [1.29, 1.82) is 0 Å². The van der Waals surface area contributed by atoms with Crippen LogP contribution in [0.2, 0.25) is 0 Å². The summed E-state index contributed by atoms with van der Waals surface area (Å²) in [5.41, 5.74) is 0.558. The largest absolute Gasteiger partial charge is 0.508 e. The molecule has 0 atom stereocenters. The van der Waals surface area contributed by atoms with Crippen molar-refractivity contribution in [3.63, 3.8) is 0 Å². The lowest BCUT2D eigenvalue weighted by molar-refractivity contribution is 0.204. The van der Waals surface area contributed by atoms with Crippen molar-refractivity contribution in [2.24, 2.45) is 5.41 Å². The van der Waals surface area contributed by atoms with Crippen molar-refractivity contribution >= 4 is 11.8 Å². The van der Waals surface area contributed by atoms with E-state index in [1.54, 1.807) is 12.1 Å². The molecule has 1 aromatic rings. The fraction of sp³-hybridized carbons (Fsp3) is 0.667. The van der Waals surface area contributed by atoms with Crippen LogP contribution in [-0.4, -0.2) is 10.9 Å². The summed E-state index contributed by atoms with van der Waals surface area (Å²) in [7, 11) is 0. The summed E-state index contributed by atoms with van der Waals surface area (Å²) in [6.45, 7) is 6.94. The van der Waals surface area contributed by atoms with E-state index in [1.807, 2.05) is 23.9 Å². The van der Waals surface area contributed by atoms with Gasteiger partial charge in [0.25, 0.3) is 0 Å². The summed E-state index contributed by atoms with van der Waals surface area (Å²) in [6, 6.07) is 7.59. The van der Waals surface area contributed by atoms with Gasteiger partial charge in [0.1, 0.15) is 5.75 Å². The summed E-state index contributed by atoms with van der Waals surface area (Å²) in [5, 5.41) is 9.31. The highest BCUT2D eigenvalue weighted by Gasteiger charge is 2.26. The Morgan fingerprint density at radius 3 is 1.80 bits per heavy atom. The molecule has 0 saturated carbocycles. The zero-order valence-electron chi connectivity index (χ0n) is 13.3. The minimum absolute atomic E-state index is 0.353. The van der Waals surface area contributed by atoms with E-state index < -0.39 is 0 Å². The Hall–Kier alpha value is -0.630. The summed E-state index contributed by atoms with van der Waals surface area (Å²) in [5.74, 6) is 1.54. The van der Waals surface area contributed by atoms with Crippen LogP contribution in [-0.2, 0) is 0 Å². The normalized spacial score (nSPS) is 11.8. The van der Waals surface area contributed by atoms with Gasteiger partial charge in [0.05, 0.1) is 0 Å². The molecule has 0 aliphatic carbocycles. The number of phenolic OH excluding ortho intramolecular Hbond substituents is 1. The molecule has 0 bridgehead atoms. The summed E-state index contributed by atoms with van der Waals surface area (Å²) in [6.07, 6.45) is 9.30. The van der Waals surface area contributed by atoms with Crippen LogP contribution in [0.5, 0.6) is 5.75 Å².